The monoisotopic (exact) mass is 149 g/mol. The first-order valence-corrected chi connectivity index (χ1v) is 4.02. The number of amides is 1. The van der Waals surface area contributed by atoms with Crippen LogP contribution in [0, 0.1) is 0 Å². The van der Waals surface area contributed by atoms with E-state index in [1.54, 1.807) is 4.90 Å². The Morgan fingerprint density at radius 1 is 1.45 bits per heavy atom. The third kappa shape index (κ3) is 0.985. The molecule has 0 saturated heterocycles. The molecule has 1 aliphatic carbocycles. The van der Waals surface area contributed by atoms with Crippen molar-refractivity contribution in [3.05, 3.63) is 23.4 Å². The maximum Gasteiger partial charge on any atom is 0.214 e. The highest BCUT2D eigenvalue weighted by molar-refractivity contribution is 5.56. The fraction of sp³-hybridized carbons (Fsp3) is 0.444. The molecule has 2 heteroatoms. The van der Waals surface area contributed by atoms with E-state index in [9.17, 15) is 4.79 Å². The van der Waals surface area contributed by atoms with Gasteiger partial charge >= 0.3 is 0 Å². The molecule has 0 radical (unpaired) electrons. The summed E-state index contributed by atoms with van der Waals surface area (Å²) < 4.78 is 0. The third-order valence-corrected chi connectivity index (χ3v) is 2.34. The molecule has 1 heterocycles. The lowest BCUT2D eigenvalue weighted by molar-refractivity contribution is -0.115. The van der Waals surface area contributed by atoms with Gasteiger partial charge in [-0.25, -0.2) is 0 Å². The minimum absolute atomic E-state index is 0.887. The van der Waals surface area contributed by atoms with E-state index in [1.807, 2.05) is 0 Å². The Balaban J connectivity index is 2.28. The summed E-state index contributed by atoms with van der Waals surface area (Å²) in [5, 5.41) is 0. The van der Waals surface area contributed by atoms with E-state index < -0.39 is 0 Å². The molecule has 0 aromatic rings. The van der Waals surface area contributed by atoms with E-state index in [2.05, 4.69) is 12.2 Å². The van der Waals surface area contributed by atoms with E-state index in [0.717, 1.165) is 37.9 Å². The second-order valence-corrected chi connectivity index (χ2v) is 2.98. The Morgan fingerprint density at radius 2 is 2.36 bits per heavy atom. The van der Waals surface area contributed by atoms with Crippen LogP contribution in [-0.2, 0) is 4.79 Å². The van der Waals surface area contributed by atoms with Crippen molar-refractivity contribution in [2.75, 3.05) is 6.54 Å². The number of allylic oxidation sites excluding steroid dienone is 2. The fourth-order valence-corrected chi connectivity index (χ4v) is 1.74. The van der Waals surface area contributed by atoms with Crippen molar-refractivity contribution < 1.29 is 4.79 Å². The molecule has 2 rings (SSSR count). The molecule has 0 fully saturated rings. The molecule has 0 unspecified atom stereocenters. The SMILES string of the molecule is O=CN1CCC2=C1C=CCC2. The van der Waals surface area contributed by atoms with Crippen LogP contribution in [0.15, 0.2) is 23.4 Å². The minimum atomic E-state index is 0.887. The van der Waals surface area contributed by atoms with Gasteiger partial charge < -0.3 is 4.90 Å². The zero-order valence-corrected chi connectivity index (χ0v) is 6.42. The number of carbonyl (C=O) groups is 1. The molecule has 11 heavy (non-hydrogen) atoms. The smallest absolute Gasteiger partial charge is 0.214 e. The number of nitrogens with zero attached hydrogens (tertiary/aromatic N) is 1. The van der Waals surface area contributed by atoms with Crippen LogP contribution in [0.4, 0.5) is 0 Å². The van der Waals surface area contributed by atoms with Crippen LogP contribution >= 0.6 is 0 Å². The highest BCUT2D eigenvalue weighted by atomic mass is 16.1. The van der Waals surface area contributed by atoms with Gasteiger partial charge in [-0.05, 0) is 30.9 Å². The second kappa shape index (κ2) is 2.53. The lowest BCUT2D eigenvalue weighted by Gasteiger charge is -2.13. The average molecular weight is 149 g/mol. The topological polar surface area (TPSA) is 20.3 Å². The predicted molar refractivity (Wildman–Crippen MR) is 42.8 cm³/mol. The summed E-state index contributed by atoms with van der Waals surface area (Å²) >= 11 is 0. The molecule has 0 aromatic heterocycles. The van der Waals surface area contributed by atoms with Crippen molar-refractivity contribution >= 4 is 6.41 Å². The molecular formula is C9H11NO. The van der Waals surface area contributed by atoms with Gasteiger partial charge in [0.05, 0.1) is 0 Å². The fourth-order valence-electron chi connectivity index (χ4n) is 1.74. The van der Waals surface area contributed by atoms with E-state index in [4.69, 9.17) is 0 Å². The van der Waals surface area contributed by atoms with Crippen molar-refractivity contribution in [3.8, 4) is 0 Å². The highest BCUT2D eigenvalue weighted by Crippen LogP contribution is 2.29. The second-order valence-electron chi connectivity index (χ2n) is 2.98. The Kier molecular flexibility index (Phi) is 1.53. The van der Waals surface area contributed by atoms with Crippen LogP contribution in [0.2, 0.25) is 0 Å². The zero-order valence-electron chi connectivity index (χ0n) is 6.42. The largest absolute Gasteiger partial charge is 0.315 e. The van der Waals surface area contributed by atoms with Gasteiger partial charge in [0.15, 0.2) is 0 Å². The molecule has 0 bridgehead atoms. The zero-order chi connectivity index (χ0) is 7.68. The van der Waals surface area contributed by atoms with Crippen molar-refractivity contribution in [2.45, 2.75) is 19.3 Å². The van der Waals surface area contributed by atoms with Crippen LogP contribution in [-0.4, -0.2) is 17.9 Å². The Labute approximate surface area is 66.2 Å². The van der Waals surface area contributed by atoms with Crippen LogP contribution in [0.1, 0.15) is 19.3 Å². The van der Waals surface area contributed by atoms with Crippen molar-refractivity contribution in [1.82, 2.24) is 4.90 Å². The van der Waals surface area contributed by atoms with Crippen LogP contribution < -0.4 is 0 Å². The summed E-state index contributed by atoms with van der Waals surface area (Å²) in [6, 6.07) is 0. The molecule has 2 nitrogen and oxygen atoms in total. The summed E-state index contributed by atoms with van der Waals surface area (Å²) in [5.74, 6) is 0. The summed E-state index contributed by atoms with van der Waals surface area (Å²) in [6.45, 7) is 0.887. The van der Waals surface area contributed by atoms with Crippen molar-refractivity contribution in [1.29, 1.82) is 0 Å². The highest BCUT2D eigenvalue weighted by Gasteiger charge is 2.20. The Morgan fingerprint density at radius 3 is 3.18 bits per heavy atom. The molecule has 0 atom stereocenters. The maximum atomic E-state index is 10.5. The lowest BCUT2D eigenvalue weighted by atomic mass is 10.0. The lowest BCUT2D eigenvalue weighted by Crippen LogP contribution is -2.16. The van der Waals surface area contributed by atoms with E-state index in [0.29, 0.717) is 0 Å². The average Bonchev–Trinajstić information content (AvgIpc) is 2.47. The predicted octanol–water partition coefficient (Wildman–Crippen LogP) is 1.45. The van der Waals surface area contributed by atoms with Crippen LogP contribution in [0.5, 0.6) is 0 Å². The normalized spacial score (nSPS) is 22.4. The van der Waals surface area contributed by atoms with Crippen molar-refractivity contribution in [3.63, 3.8) is 0 Å². The number of hydrogen-bond acceptors (Lipinski definition) is 1. The molecule has 2 aliphatic rings. The van der Waals surface area contributed by atoms with Gasteiger partial charge in [0.25, 0.3) is 0 Å². The van der Waals surface area contributed by atoms with Gasteiger partial charge in [0.1, 0.15) is 0 Å². The number of hydrogen-bond donors (Lipinski definition) is 0. The first kappa shape index (κ1) is 6.65. The van der Waals surface area contributed by atoms with Gasteiger partial charge in [-0.2, -0.15) is 0 Å². The maximum absolute atomic E-state index is 10.5. The Hall–Kier alpha value is -1.05. The first-order valence-electron chi connectivity index (χ1n) is 4.02. The van der Waals surface area contributed by atoms with Crippen LogP contribution in [0.3, 0.4) is 0 Å². The summed E-state index contributed by atoms with van der Waals surface area (Å²) in [6.07, 6.45) is 8.51. The quantitative estimate of drug-likeness (QED) is 0.517. The van der Waals surface area contributed by atoms with E-state index in [-0.39, 0.29) is 0 Å². The van der Waals surface area contributed by atoms with E-state index in [1.165, 1.54) is 5.57 Å². The molecule has 0 spiro atoms. The molecule has 58 valence electrons. The number of carbonyl (C=O) groups excluding carboxylic acids is 1. The molecule has 1 amide bonds. The summed E-state index contributed by atoms with van der Waals surface area (Å²) in [5.41, 5.74) is 2.62. The summed E-state index contributed by atoms with van der Waals surface area (Å²) in [7, 11) is 0. The number of rotatable bonds is 1. The minimum Gasteiger partial charge on any atom is -0.315 e. The van der Waals surface area contributed by atoms with Gasteiger partial charge in [0, 0.05) is 12.2 Å². The van der Waals surface area contributed by atoms with Gasteiger partial charge in [0.2, 0.25) is 6.41 Å². The molecule has 0 aromatic carbocycles. The molecular weight excluding hydrogens is 138 g/mol. The summed E-state index contributed by atoms with van der Waals surface area (Å²) in [4.78, 5) is 12.3. The van der Waals surface area contributed by atoms with Gasteiger partial charge in [-0.15, -0.1) is 0 Å². The standard InChI is InChI=1S/C9H11NO/c11-7-10-6-5-8-3-1-2-4-9(8)10/h2,4,7H,1,3,5-6H2. The molecule has 0 N–H and O–H groups in total. The molecule has 1 aliphatic heterocycles. The van der Waals surface area contributed by atoms with Gasteiger partial charge in [-0.1, -0.05) is 6.08 Å². The van der Waals surface area contributed by atoms with E-state index >= 15 is 0 Å². The van der Waals surface area contributed by atoms with Crippen molar-refractivity contribution in [2.24, 2.45) is 0 Å². The molecule has 0 saturated carbocycles. The van der Waals surface area contributed by atoms with Crippen LogP contribution in [0.25, 0.3) is 0 Å². The Bertz CT molecular complexity index is 240. The first-order chi connectivity index (χ1) is 5.42. The van der Waals surface area contributed by atoms with Gasteiger partial charge in [-0.3, -0.25) is 4.79 Å². The third-order valence-electron chi connectivity index (χ3n) is 2.34.